The van der Waals surface area contributed by atoms with Gasteiger partial charge in [0.25, 0.3) is 0 Å². The molecule has 2 aliphatic rings. The molecule has 0 aromatic carbocycles. The normalized spacial score (nSPS) is 32.2. The third kappa shape index (κ3) is 2.73. The van der Waals surface area contributed by atoms with Crippen LogP contribution in [0.15, 0.2) is 10.6 Å². The molecule has 0 saturated carbocycles. The van der Waals surface area contributed by atoms with Crippen molar-refractivity contribution in [3.63, 3.8) is 0 Å². The van der Waals surface area contributed by atoms with Gasteiger partial charge in [-0.25, -0.2) is 0 Å². The van der Waals surface area contributed by atoms with Gasteiger partial charge in [0.2, 0.25) is 0 Å². The zero-order chi connectivity index (χ0) is 12.4. The van der Waals surface area contributed by atoms with Crippen LogP contribution in [0, 0.1) is 6.92 Å². The molecule has 1 aromatic rings. The first-order chi connectivity index (χ1) is 8.76. The molecule has 100 valence electrons. The summed E-state index contributed by atoms with van der Waals surface area (Å²) in [6.07, 6.45) is 3.43. The average Bonchev–Trinajstić information content (AvgIpc) is 2.97. The molecule has 18 heavy (non-hydrogen) atoms. The van der Waals surface area contributed by atoms with Crippen LogP contribution in [-0.4, -0.2) is 34.9 Å². The number of nitrogens with one attached hydrogen (secondary N) is 1. The largest absolute Gasteiger partial charge is 0.374 e. The van der Waals surface area contributed by atoms with Crippen molar-refractivity contribution < 1.29 is 9.26 Å². The molecular weight excluding hydrogens is 248 g/mol. The summed E-state index contributed by atoms with van der Waals surface area (Å²) < 4.78 is 11.2. The molecule has 0 bridgehead atoms. The molecule has 0 aliphatic carbocycles. The van der Waals surface area contributed by atoms with Crippen molar-refractivity contribution in [3.05, 3.63) is 17.5 Å². The Labute approximate surface area is 112 Å². The molecule has 3 heterocycles. The lowest BCUT2D eigenvalue weighted by Gasteiger charge is -2.38. The molecule has 3 rings (SSSR count). The number of aryl methyl sites for hydroxylation is 1. The van der Waals surface area contributed by atoms with Gasteiger partial charge in [0.05, 0.1) is 17.8 Å². The molecule has 2 atom stereocenters. The van der Waals surface area contributed by atoms with E-state index >= 15 is 0 Å². The lowest BCUT2D eigenvalue weighted by Crippen LogP contribution is -2.47. The van der Waals surface area contributed by atoms with Gasteiger partial charge in [-0.2, -0.15) is 11.8 Å². The van der Waals surface area contributed by atoms with E-state index in [-0.39, 0.29) is 5.60 Å². The lowest BCUT2D eigenvalue weighted by molar-refractivity contribution is -0.0704. The van der Waals surface area contributed by atoms with Crippen molar-refractivity contribution in [2.75, 3.05) is 18.1 Å². The SMILES string of the molecule is Cc1cc(CNC2CCOC3(CCSC3)C2)on1. The van der Waals surface area contributed by atoms with Crippen LogP contribution in [0.3, 0.4) is 0 Å². The van der Waals surface area contributed by atoms with Crippen LogP contribution in [-0.2, 0) is 11.3 Å². The van der Waals surface area contributed by atoms with Gasteiger partial charge in [0.1, 0.15) is 0 Å². The molecule has 4 nitrogen and oxygen atoms in total. The molecule has 0 amide bonds. The molecule has 2 aliphatic heterocycles. The predicted octanol–water partition coefficient (Wildman–Crippen LogP) is 2.13. The van der Waals surface area contributed by atoms with E-state index < -0.39 is 0 Å². The minimum absolute atomic E-state index is 0.151. The smallest absolute Gasteiger partial charge is 0.150 e. The van der Waals surface area contributed by atoms with E-state index in [1.807, 2.05) is 24.8 Å². The summed E-state index contributed by atoms with van der Waals surface area (Å²) in [5.74, 6) is 3.33. The zero-order valence-corrected chi connectivity index (χ0v) is 11.6. The first kappa shape index (κ1) is 12.5. The number of aromatic nitrogens is 1. The number of hydrogen-bond acceptors (Lipinski definition) is 5. The highest BCUT2D eigenvalue weighted by atomic mass is 32.2. The van der Waals surface area contributed by atoms with Crippen molar-refractivity contribution in [1.82, 2.24) is 10.5 Å². The maximum Gasteiger partial charge on any atom is 0.150 e. The van der Waals surface area contributed by atoms with E-state index in [1.54, 1.807) is 0 Å². The van der Waals surface area contributed by atoms with Crippen molar-refractivity contribution in [3.8, 4) is 0 Å². The quantitative estimate of drug-likeness (QED) is 0.910. The monoisotopic (exact) mass is 268 g/mol. The average molecular weight is 268 g/mol. The Morgan fingerprint density at radius 3 is 3.28 bits per heavy atom. The van der Waals surface area contributed by atoms with E-state index in [2.05, 4.69) is 10.5 Å². The summed E-state index contributed by atoms with van der Waals surface area (Å²) in [7, 11) is 0. The number of ether oxygens (including phenoxy) is 1. The fourth-order valence-corrected chi connectivity index (χ4v) is 4.19. The van der Waals surface area contributed by atoms with Gasteiger partial charge >= 0.3 is 0 Å². The standard InChI is InChI=1S/C13H20N2O2S/c1-10-6-12(17-15-10)8-14-11-2-4-16-13(7-11)3-5-18-9-13/h6,11,14H,2-5,7-9H2,1H3. The highest BCUT2D eigenvalue weighted by molar-refractivity contribution is 7.99. The zero-order valence-electron chi connectivity index (χ0n) is 10.8. The first-order valence-electron chi connectivity index (χ1n) is 6.63. The molecule has 1 spiro atoms. The van der Waals surface area contributed by atoms with E-state index in [0.717, 1.165) is 43.2 Å². The topological polar surface area (TPSA) is 47.3 Å². The van der Waals surface area contributed by atoms with Gasteiger partial charge in [-0.3, -0.25) is 0 Å². The highest BCUT2D eigenvalue weighted by Gasteiger charge is 2.40. The molecule has 2 saturated heterocycles. The Balaban J connectivity index is 1.53. The molecule has 0 radical (unpaired) electrons. The van der Waals surface area contributed by atoms with E-state index in [0.29, 0.717) is 6.04 Å². The van der Waals surface area contributed by atoms with Crippen molar-refractivity contribution in [1.29, 1.82) is 0 Å². The highest BCUT2D eigenvalue weighted by Crippen LogP contribution is 2.38. The minimum atomic E-state index is 0.151. The van der Waals surface area contributed by atoms with Gasteiger partial charge in [-0.1, -0.05) is 5.16 Å². The van der Waals surface area contributed by atoms with Gasteiger partial charge in [-0.15, -0.1) is 0 Å². The van der Waals surface area contributed by atoms with Crippen LogP contribution < -0.4 is 5.32 Å². The van der Waals surface area contributed by atoms with Gasteiger partial charge in [-0.05, 0) is 31.9 Å². The van der Waals surface area contributed by atoms with Crippen LogP contribution in [0.1, 0.15) is 30.7 Å². The molecule has 2 unspecified atom stereocenters. The molecule has 1 aromatic heterocycles. The third-order valence-electron chi connectivity index (χ3n) is 3.80. The second kappa shape index (κ2) is 5.23. The Hall–Kier alpha value is -0.520. The predicted molar refractivity (Wildman–Crippen MR) is 71.7 cm³/mol. The lowest BCUT2D eigenvalue weighted by atomic mass is 9.90. The van der Waals surface area contributed by atoms with Crippen LogP contribution in [0.25, 0.3) is 0 Å². The summed E-state index contributed by atoms with van der Waals surface area (Å²) in [5.41, 5.74) is 1.10. The van der Waals surface area contributed by atoms with E-state index in [9.17, 15) is 0 Å². The maximum atomic E-state index is 6.02. The minimum Gasteiger partial charge on any atom is -0.374 e. The molecular formula is C13H20N2O2S. The first-order valence-corrected chi connectivity index (χ1v) is 7.79. The fraction of sp³-hybridized carbons (Fsp3) is 0.769. The summed E-state index contributed by atoms with van der Waals surface area (Å²) >= 11 is 2.02. The second-order valence-electron chi connectivity index (χ2n) is 5.34. The summed E-state index contributed by atoms with van der Waals surface area (Å²) in [6, 6.07) is 2.54. The van der Waals surface area contributed by atoms with Crippen molar-refractivity contribution in [2.24, 2.45) is 0 Å². The Morgan fingerprint density at radius 1 is 1.61 bits per heavy atom. The molecule has 1 N–H and O–H groups in total. The van der Waals surface area contributed by atoms with Crippen LogP contribution in [0.4, 0.5) is 0 Å². The number of hydrogen-bond donors (Lipinski definition) is 1. The van der Waals surface area contributed by atoms with Crippen molar-refractivity contribution >= 4 is 11.8 Å². The fourth-order valence-electron chi connectivity index (χ4n) is 2.81. The number of thioether (sulfide) groups is 1. The van der Waals surface area contributed by atoms with E-state index in [4.69, 9.17) is 9.26 Å². The number of rotatable bonds is 3. The second-order valence-corrected chi connectivity index (χ2v) is 6.44. The summed E-state index contributed by atoms with van der Waals surface area (Å²) in [5, 5.41) is 7.49. The van der Waals surface area contributed by atoms with Gasteiger partial charge in [0, 0.05) is 24.5 Å². The van der Waals surface area contributed by atoms with Gasteiger partial charge in [0.15, 0.2) is 5.76 Å². The summed E-state index contributed by atoms with van der Waals surface area (Å²) in [4.78, 5) is 0. The Kier molecular flexibility index (Phi) is 3.63. The van der Waals surface area contributed by atoms with E-state index in [1.165, 1.54) is 12.2 Å². The number of nitrogens with zero attached hydrogens (tertiary/aromatic N) is 1. The summed E-state index contributed by atoms with van der Waals surface area (Å²) in [6.45, 7) is 3.61. The molecule has 5 heteroatoms. The maximum absolute atomic E-state index is 6.02. The van der Waals surface area contributed by atoms with Gasteiger partial charge < -0.3 is 14.6 Å². The van der Waals surface area contributed by atoms with Crippen molar-refractivity contribution in [2.45, 2.75) is 44.4 Å². The third-order valence-corrected chi connectivity index (χ3v) is 5.02. The Morgan fingerprint density at radius 2 is 2.56 bits per heavy atom. The van der Waals surface area contributed by atoms with Crippen LogP contribution in [0.5, 0.6) is 0 Å². The Bertz CT molecular complexity index is 401. The van der Waals surface area contributed by atoms with Crippen LogP contribution in [0.2, 0.25) is 0 Å². The van der Waals surface area contributed by atoms with Crippen LogP contribution >= 0.6 is 11.8 Å². The molecule has 2 fully saturated rings.